The molecule has 0 aliphatic heterocycles. The van der Waals surface area contributed by atoms with E-state index in [9.17, 15) is 0 Å². The first-order valence-electron chi connectivity index (χ1n) is 3.65. The molecule has 1 heterocycles. The van der Waals surface area contributed by atoms with Crippen LogP contribution < -0.4 is 5.73 Å². The molecule has 0 unspecified atom stereocenters. The summed E-state index contributed by atoms with van der Waals surface area (Å²) in [5.74, 6) is 0. The summed E-state index contributed by atoms with van der Waals surface area (Å²) in [6.07, 6.45) is 5.08. The molecule has 2 N–H and O–H groups in total. The number of aryl methyl sites for hydroxylation is 2. The van der Waals surface area contributed by atoms with E-state index in [0.29, 0.717) is 0 Å². The Morgan fingerprint density at radius 1 is 1.30 bits per heavy atom. The predicted molar refractivity (Wildman–Crippen MR) is 44.2 cm³/mol. The second-order valence-electron chi connectivity index (χ2n) is 2.70. The van der Waals surface area contributed by atoms with Gasteiger partial charge in [-0.15, -0.1) is 11.3 Å². The van der Waals surface area contributed by atoms with Crippen molar-refractivity contribution in [2.24, 2.45) is 0 Å². The molecule has 1 aromatic rings. The second kappa shape index (κ2) is 2.27. The van der Waals surface area contributed by atoms with Crippen molar-refractivity contribution in [2.75, 3.05) is 5.73 Å². The van der Waals surface area contributed by atoms with Crippen molar-refractivity contribution in [3.63, 3.8) is 0 Å². The van der Waals surface area contributed by atoms with Crippen LogP contribution in [0.3, 0.4) is 0 Å². The lowest BCUT2D eigenvalue weighted by atomic mass is 10.00. The Balaban J connectivity index is 2.41. The Morgan fingerprint density at radius 2 is 2.10 bits per heavy atom. The van der Waals surface area contributed by atoms with Crippen LogP contribution in [0.1, 0.15) is 23.3 Å². The van der Waals surface area contributed by atoms with E-state index >= 15 is 0 Å². The zero-order valence-electron chi connectivity index (χ0n) is 5.81. The highest BCUT2D eigenvalue weighted by Gasteiger charge is 2.11. The van der Waals surface area contributed by atoms with Crippen LogP contribution in [0.4, 0.5) is 5.00 Å². The van der Waals surface area contributed by atoms with Crippen LogP contribution in [0.25, 0.3) is 0 Å². The standard InChI is InChI=1S/C8H10NS/c9-8-5-6-3-1-2-4-7(6)10-8/h1-4,9H2. The van der Waals surface area contributed by atoms with Crippen molar-refractivity contribution in [1.29, 1.82) is 0 Å². The number of fused-ring (bicyclic) bond motifs is 1. The molecular weight excluding hydrogens is 142 g/mol. The van der Waals surface area contributed by atoms with Crippen molar-refractivity contribution in [1.82, 2.24) is 0 Å². The van der Waals surface area contributed by atoms with Crippen molar-refractivity contribution >= 4 is 16.3 Å². The molecule has 0 aromatic carbocycles. The first-order chi connectivity index (χ1) is 4.86. The van der Waals surface area contributed by atoms with Gasteiger partial charge < -0.3 is 5.73 Å². The molecule has 0 saturated heterocycles. The monoisotopic (exact) mass is 152 g/mol. The minimum atomic E-state index is 0.868. The van der Waals surface area contributed by atoms with Gasteiger partial charge in [0.15, 0.2) is 0 Å². The van der Waals surface area contributed by atoms with E-state index in [1.54, 1.807) is 11.3 Å². The zero-order valence-corrected chi connectivity index (χ0v) is 6.63. The van der Waals surface area contributed by atoms with Gasteiger partial charge in [-0.1, -0.05) is 0 Å². The molecule has 1 nitrogen and oxygen atoms in total. The molecule has 10 heavy (non-hydrogen) atoms. The third-order valence-electron chi connectivity index (χ3n) is 1.92. The first kappa shape index (κ1) is 6.23. The fraction of sp³-hybridized carbons (Fsp3) is 0.500. The molecule has 1 radical (unpaired) electrons. The molecule has 0 atom stereocenters. The number of nitrogens with two attached hydrogens (primary N) is 1. The van der Waals surface area contributed by atoms with Crippen LogP contribution in [0, 0.1) is 6.07 Å². The second-order valence-corrected chi connectivity index (χ2v) is 3.84. The van der Waals surface area contributed by atoms with Crippen LogP contribution in [0.15, 0.2) is 0 Å². The molecule has 0 fully saturated rings. The number of rotatable bonds is 0. The maximum Gasteiger partial charge on any atom is 0.0943 e. The average Bonchev–Trinajstić information content (AvgIpc) is 2.27. The summed E-state index contributed by atoms with van der Waals surface area (Å²) < 4.78 is 0. The largest absolute Gasteiger partial charge is 0.390 e. The smallest absolute Gasteiger partial charge is 0.0943 e. The van der Waals surface area contributed by atoms with E-state index in [2.05, 4.69) is 6.07 Å². The lowest BCUT2D eigenvalue weighted by Gasteiger charge is -2.08. The highest BCUT2D eigenvalue weighted by molar-refractivity contribution is 7.16. The van der Waals surface area contributed by atoms with Gasteiger partial charge >= 0.3 is 0 Å². The number of hydrogen-bond acceptors (Lipinski definition) is 2. The van der Waals surface area contributed by atoms with E-state index in [-0.39, 0.29) is 0 Å². The van der Waals surface area contributed by atoms with Crippen LogP contribution in [-0.4, -0.2) is 0 Å². The summed E-state index contributed by atoms with van der Waals surface area (Å²) in [7, 11) is 0. The minimum Gasteiger partial charge on any atom is -0.390 e. The zero-order chi connectivity index (χ0) is 6.97. The van der Waals surface area contributed by atoms with Crippen molar-refractivity contribution in [3.05, 3.63) is 16.5 Å². The molecule has 1 aromatic heterocycles. The highest BCUT2D eigenvalue weighted by Crippen LogP contribution is 2.29. The molecular formula is C8H10NS. The van der Waals surface area contributed by atoms with Gasteiger partial charge in [-0.05, 0) is 31.2 Å². The fourth-order valence-electron chi connectivity index (χ4n) is 1.43. The Labute approximate surface area is 64.9 Å². The highest BCUT2D eigenvalue weighted by atomic mass is 32.1. The van der Waals surface area contributed by atoms with Gasteiger partial charge in [-0.25, -0.2) is 0 Å². The summed E-state index contributed by atoms with van der Waals surface area (Å²) in [4.78, 5) is 1.48. The van der Waals surface area contributed by atoms with Crippen molar-refractivity contribution in [3.8, 4) is 0 Å². The van der Waals surface area contributed by atoms with Gasteiger partial charge in [0.1, 0.15) is 0 Å². The van der Waals surface area contributed by atoms with Crippen molar-refractivity contribution in [2.45, 2.75) is 25.7 Å². The maximum absolute atomic E-state index is 5.62. The third kappa shape index (κ3) is 0.926. The predicted octanol–water partition coefficient (Wildman–Crippen LogP) is 2.01. The molecule has 2 rings (SSSR count). The van der Waals surface area contributed by atoms with Gasteiger partial charge in [0.2, 0.25) is 0 Å². The quantitative estimate of drug-likeness (QED) is 0.604. The van der Waals surface area contributed by atoms with Gasteiger partial charge in [0.05, 0.1) is 5.00 Å². The van der Waals surface area contributed by atoms with E-state index in [0.717, 1.165) is 5.00 Å². The summed E-state index contributed by atoms with van der Waals surface area (Å²) in [5.41, 5.74) is 7.00. The van der Waals surface area contributed by atoms with Gasteiger partial charge in [0, 0.05) is 10.9 Å². The van der Waals surface area contributed by atoms with Gasteiger partial charge in [-0.2, -0.15) is 0 Å². The molecule has 0 spiro atoms. The Hall–Kier alpha value is -0.500. The van der Waals surface area contributed by atoms with E-state index in [1.807, 2.05) is 0 Å². The first-order valence-corrected chi connectivity index (χ1v) is 4.47. The average molecular weight is 152 g/mol. The molecule has 2 heteroatoms. The van der Waals surface area contributed by atoms with Crippen LogP contribution in [0.2, 0.25) is 0 Å². The van der Waals surface area contributed by atoms with E-state index in [1.165, 1.54) is 36.1 Å². The van der Waals surface area contributed by atoms with E-state index < -0.39 is 0 Å². The van der Waals surface area contributed by atoms with Gasteiger partial charge in [-0.3, -0.25) is 0 Å². The summed E-state index contributed by atoms with van der Waals surface area (Å²) in [6.45, 7) is 0. The number of anilines is 1. The van der Waals surface area contributed by atoms with Gasteiger partial charge in [0.25, 0.3) is 0 Å². The number of nitrogen functional groups attached to an aromatic ring is 1. The summed E-state index contributed by atoms with van der Waals surface area (Å²) in [5, 5.41) is 0.868. The fourth-order valence-corrected chi connectivity index (χ4v) is 2.39. The number of thiophene rings is 1. The number of hydrogen-bond donors (Lipinski definition) is 1. The molecule has 0 amide bonds. The van der Waals surface area contributed by atoms with Crippen LogP contribution in [0.5, 0.6) is 0 Å². The lowest BCUT2D eigenvalue weighted by molar-refractivity contribution is 0.696. The Kier molecular flexibility index (Phi) is 1.42. The molecule has 53 valence electrons. The van der Waals surface area contributed by atoms with Crippen LogP contribution in [-0.2, 0) is 12.8 Å². The summed E-state index contributed by atoms with van der Waals surface area (Å²) in [6, 6.07) is 3.19. The molecule has 0 saturated carbocycles. The Morgan fingerprint density at radius 3 is 2.90 bits per heavy atom. The lowest BCUT2D eigenvalue weighted by Crippen LogP contribution is -1.96. The maximum atomic E-state index is 5.62. The molecule has 1 aliphatic rings. The SMILES string of the molecule is Nc1[c]c2c(s1)CCCC2. The molecule has 1 aliphatic carbocycles. The normalized spacial score (nSPS) is 16.8. The molecule has 0 bridgehead atoms. The van der Waals surface area contributed by atoms with Crippen molar-refractivity contribution < 1.29 is 0 Å². The van der Waals surface area contributed by atoms with E-state index in [4.69, 9.17) is 5.73 Å². The minimum absolute atomic E-state index is 0.868. The van der Waals surface area contributed by atoms with Crippen LogP contribution >= 0.6 is 11.3 Å². The summed E-state index contributed by atoms with van der Waals surface area (Å²) >= 11 is 1.71. The Bertz CT molecular complexity index is 216. The third-order valence-corrected chi connectivity index (χ3v) is 2.94. The topological polar surface area (TPSA) is 26.0 Å².